The van der Waals surface area contributed by atoms with E-state index in [9.17, 15) is 0 Å². The summed E-state index contributed by atoms with van der Waals surface area (Å²) in [5.41, 5.74) is 1.51. The summed E-state index contributed by atoms with van der Waals surface area (Å²) in [6.07, 6.45) is 5.84. The van der Waals surface area contributed by atoms with Crippen LogP contribution in [0.2, 0.25) is 0 Å². The van der Waals surface area contributed by atoms with E-state index >= 15 is 0 Å². The topological polar surface area (TPSA) is 0 Å². The molecule has 0 aliphatic heterocycles. The average Bonchev–Trinajstić information content (AvgIpc) is 2.45. The third-order valence-corrected chi connectivity index (χ3v) is 2.55. The lowest BCUT2D eigenvalue weighted by atomic mass is 9.93. The smallest absolute Gasteiger partial charge is 0.0223 e. The molecule has 0 fully saturated rings. The second-order valence-corrected chi connectivity index (χ2v) is 3.35. The molecule has 0 aromatic carbocycles. The van der Waals surface area contributed by atoms with Gasteiger partial charge in [0.25, 0.3) is 0 Å². The molecule has 0 N–H and O–H groups in total. The van der Waals surface area contributed by atoms with Gasteiger partial charge in [-0.2, -0.15) is 0 Å². The summed E-state index contributed by atoms with van der Waals surface area (Å²) in [6, 6.07) is 0. The van der Waals surface area contributed by atoms with Gasteiger partial charge in [0.05, 0.1) is 0 Å². The van der Waals surface area contributed by atoms with Crippen molar-refractivity contribution in [3.8, 4) is 0 Å². The Morgan fingerprint density at radius 2 is 1.47 bits per heavy atom. The lowest BCUT2D eigenvalue weighted by Gasteiger charge is -2.14. The molecule has 0 spiro atoms. The molecular formula is C16H37Cl. The summed E-state index contributed by atoms with van der Waals surface area (Å²) in [6.45, 7) is 18.6. The van der Waals surface area contributed by atoms with Crippen LogP contribution in [0.4, 0.5) is 0 Å². The Hall–Kier alpha value is 0.0300. The molecule has 0 aliphatic carbocycles. The first-order valence-electron chi connectivity index (χ1n) is 7.45. The second-order valence-electron chi connectivity index (χ2n) is 2.97. The van der Waals surface area contributed by atoms with Crippen molar-refractivity contribution in [1.82, 2.24) is 0 Å². The predicted octanol–water partition coefficient (Wildman–Crippen LogP) is 7.08. The first-order chi connectivity index (χ1) is 8.26. The van der Waals surface area contributed by atoms with Gasteiger partial charge in [-0.25, -0.2) is 0 Å². The Balaban J connectivity index is -0.000000121. The normalized spacial score (nSPS) is 10.8. The number of allylic oxidation sites excluding steroid dienone is 2. The van der Waals surface area contributed by atoms with Gasteiger partial charge in [0.2, 0.25) is 0 Å². The molecule has 108 valence electrons. The largest absolute Gasteiger partial charge is 0.127 e. The first-order valence-corrected chi connectivity index (χ1v) is 7.98. The maximum atomic E-state index is 5.63. The Morgan fingerprint density at radius 3 is 1.71 bits per heavy atom. The summed E-state index contributed by atoms with van der Waals surface area (Å²) >= 11 is 5.63. The van der Waals surface area contributed by atoms with E-state index in [2.05, 4.69) is 26.8 Å². The van der Waals surface area contributed by atoms with E-state index in [1.54, 1.807) is 0 Å². The molecule has 0 nitrogen and oxygen atoms in total. The van der Waals surface area contributed by atoms with Crippen LogP contribution >= 0.6 is 11.6 Å². The van der Waals surface area contributed by atoms with Crippen molar-refractivity contribution in [3.05, 3.63) is 11.6 Å². The summed E-state index contributed by atoms with van der Waals surface area (Å²) in [5.74, 6) is 1.56. The van der Waals surface area contributed by atoms with Crippen LogP contribution in [-0.2, 0) is 0 Å². The number of rotatable bonds is 5. The highest BCUT2D eigenvalue weighted by atomic mass is 35.5. The highest BCUT2D eigenvalue weighted by Crippen LogP contribution is 2.20. The zero-order valence-electron chi connectivity index (χ0n) is 13.9. The fraction of sp³-hybridized carbons (Fsp3) is 0.875. The molecular weight excluding hydrogens is 228 g/mol. The SMILES string of the molecule is C/C=C(\C)C(CC)CCCCl.CC.CC.CC. The fourth-order valence-corrected chi connectivity index (χ4v) is 1.47. The van der Waals surface area contributed by atoms with Gasteiger partial charge in [0.15, 0.2) is 0 Å². The molecule has 1 unspecified atom stereocenters. The van der Waals surface area contributed by atoms with E-state index in [-0.39, 0.29) is 0 Å². The molecule has 0 bridgehead atoms. The van der Waals surface area contributed by atoms with Crippen LogP contribution in [0.25, 0.3) is 0 Å². The Labute approximate surface area is 117 Å². The molecule has 0 aliphatic rings. The Morgan fingerprint density at radius 1 is 1.06 bits per heavy atom. The van der Waals surface area contributed by atoms with Gasteiger partial charge in [-0.15, -0.1) is 11.6 Å². The fourth-order valence-electron chi connectivity index (χ4n) is 1.31. The molecule has 0 aromatic heterocycles. The van der Waals surface area contributed by atoms with Crippen LogP contribution in [-0.4, -0.2) is 5.88 Å². The Kier molecular flexibility index (Phi) is 45.1. The van der Waals surface area contributed by atoms with Gasteiger partial charge in [-0.05, 0) is 39.0 Å². The van der Waals surface area contributed by atoms with Crippen molar-refractivity contribution in [2.75, 3.05) is 5.88 Å². The molecule has 0 heterocycles. The average molecular weight is 265 g/mol. The van der Waals surface area contributed by atoms with E-state index in [0.717, 1.165) is 18.2 Å². The van der Waals surface area contributed by atoms with Crippen LogP contribution in [0, 0.1) is 5.92 Å². The molecule has 0 aromatic rings. The lowest BCUT2D eigenvalue weighted by molar-refractivity contribution is 0.535. The van der Waals surface area contributed by atoms with E-state index in [1.807, 2.05) is 41.5 Å². The number of hydrogen-bond donors (Lipinski definition) is 0. The van der Waals surface area contributed by atoms with Crippen LogP contribution in [0.15, 0.2) is 11.6 Å². The molecule has 0 radical (unpaired) electrons. The van der Waals surface area contributed by atoms with Crippen LogP contribution in [0.5, 0.6) is 0 Å². The third kappa shape index (κ3) is 21.8. The number of hydrogen-bond acceptors (Lipinski definition) is 0. The lowest BCUT2D eigenvalue weighted by Crippen LogP contribution is -2.00. The van der Waals surface area contributed by atoms with Crippen molar-refractivity contribution >= 4 is 11.6 Å². The molecule has 0 saturated heterocycles. The molecule has 17 heavy (non-hydrogen) atoms. The third-order valence-electron chi connectivity index (χ3n) is 2.28. The minimum absolute atomic E-state index is 0.763. The van der Waals surface area contributed by atoms with Gasteiger partial charge in [-0.3, -0.25) is 0 Å². The minimum atomic E-state index is 0.763. The van der Waals surface area contributed by atoms with Gasteiger partial charge >= 0.3 is 0 Å². The van der Waals surface area contributed by atoms with Gasteiger partial charge in [-0.1, -0.05) is 60.1 Å². The van der Waals surface area contributed by atoms with Gasteiger partial charge in [0.1, 0.15) is 0 Å². The van der Waals surface area contributed by atoms with Gasteiger partial charge in [0, 0.05) is 5.88 Å². The highest BCUT2D eigenvalue weighted by molar-refractivity contribution is 6.17. The van der Waals surface area contributed by atoms with Crippen molar-refractivity contribution in [1.29, 1.82) is 0 Å². The summed E-state index contributed by atoms with van der Waals surface area (Å²) in [7, 11) is 0. The monoisotopic (exact) mass is 264 g/mol. The standard InChI is InChI=1S/C10H19Cl.3C2H6/c1-4-9(3)10(5-2)7-6-8-11;3*1-2/h4,10H,5-8H2,1-3H3;3*1-2H3/b9-4+;;;. The van der Waals surface area contributed by atoms with Crippen molar-refractivity contribution < 1.29 is 0 Å². The maximum Gasteiger partial charge on any atom is 0.0223 e. The van der Waals surface area contributed by atoms with Crippen LogP contribution < -0.4 is 0 Å². The van der Waals surface area contributed by atoms with E-state index < -0.39 is 0 Å². The molecule has 1 atom stereocenters. The minimum Gasteiger partial charge on any atom is -0.127 e. The molecule has 0 amide bonds. The zero-order valence-corrected chi connectivity index (χ0v) is 14.6. The predicted molar refractivity (Wildman–Crippen MR) is 87.2 cm³/mol. The van der Waals surface area contributed by atoms with Crippen molar-refractivity contribution in [2.45, 2.75) is 81.6 Å². The zero-order chi connectivity index (χ0) is 14.7. The maximum absolute atomic E-state index is 5.63. The van der Waals surface area contributed by atoms with E-state index in [0.29, 0.717) is 0 Å². The van der Waals surface area contributed by atoms with Crippen molar-refractivity contribution in [2.24, 2.45) is 5.92 Å². The molecule has 0 saturated carbocycles. The second kappa shape index (κ2) is 29.8. The van der Waals surface area contributed by atoms with Crippen molar-refractivity contribution in [3.63, 3.8) is 0 Å². The summed E-state index contributed by atoms with van der Waals surface area (Å²) in [5, 5.41) is 0. The summed E-state index contributed by atoms with van der Waals surface area (Å²) in [4.78, 5) is 0. The van der Waals surface area contributed by atoms with E-state index in [1.165, 1.54) is 18.4 Å². The van der Waals surface area contributed by atoms with E-state index in [4.69, 9.17) is 11.6 Å². The quantitative estimate of drug-likeness (QED) is 0.368. The molecule has 0 rings (SSSR count). The molecule has 1 heteroatoms. The Bertz CT molecular complexity index is 117. The highest BCUT2D eigenvalue weighted by Gasteiger charge is 2.05. The van der Waals surface area contributed by atoms with Crippen LogP contribution in [0.3, 0.4) is 0 Å². The van der Waals surface area contributed by atoms with Gasteiger partial charge < -0.3 is 0 Å². The first kappa shape index (κ1) is 25.8. The number of alkyl halides is 1. The number of halogens is 1. The van der Waals surface area contributed by atoms with Crippen LogP contribution in [0.1, 0.15) is 81.6 Å². The summed E-state index contributed by atoms with van der Waals surface area (Å²) < 4.78 is 0.